The van der Waals surface area contributed by atoms with Crippen molar-refractivity contribution in [2.24, 2.45) is 5.73 Å². The van der Waals surface area contributed by atoms with E-state index in [1.807, 2.05) is 18.2 Å². The molecule has 0 fully saturated rings. The average Bonchev–Trinajstić information content (AvgIpc) is 2.65. The van der Waals surface area contributed by atoms with Gasteiger partial charge >= 0.3 is 0 Å². The normalized spacial score (nSPS) is 12.7. The molecule has 2 rings (SSSR count). The summed E-state index contributed by atoms with van der Waals surface area (Å²) in [6.07, 6.45) is 0.862. The van der Waals surface area contributed by atoms with Crippen LogP contribution in [-0.2, 0) is 6.42 Å². The van der Waals surface area contributed by atoms with Gasteiger partial charge in [-0.2, -0.15) is 0 Å². The third-order valence-electron chi connectivity index (χ3n) is 2.40. The zero-order valence-electron chi connectivity index (χ0n) is 8.49. The van der Waals surface area contributed by atoms with E-state index in [0.717, 1.165) is 20.9 Å². The van der Waals surface area contributed by atoms with Crippen molar-refractivity contribution in [2.45, 2.75) is 12.5 Å². The van der Waals surface area contributed by atoms with E-state index < -0.39 is 0 Å². The van der Waals surface area contributed by atoms with Crippen LogP contribution >= 0.6 is 43.2 Å². The molecule has 0 spiro atoms. The molecule has 4 heteroatoms. The Balaban J connectivity index is 2.18. The quantitative estimate of drug-likeness (QED) is 0.855. The van der Waals surface area contributed by atoms with Crippen LogP contribution in [0.15, 0.2) is 44.7 Å². The summed E-state index contributed by atoms with van der Waals surface area (Å²) in [5.74, 6) is 0. The summed E-state index contributed by atoms with van der Waals surface area (Å²) < 4.78 is 2.23. The van der Waals surface area contributed by atoms with Crippen molar-refractivity contribution in [1.82, 2.24) is 0 Å². The number of thiophene rings is 1. The number of hydrogen-bond acceptors (Lipinski definition) is 2. The van der Waals surface area contributed by atoms with Crippen LogP contribution in [0.5, 0.6) is 0 Å². The Labute approximate surface area is 116 Å². The Morgan fingerprint density at radius 1 is 1.12 bits per heavy atom. The SMILES string of the molecule is NC(Cc1sccc1Br)c1ccccc1Br. The first-order chi connectivity index (χ1) is 7.68. The highest BCUT2D eigenvalue weighted by molar-refractivity contribution is 9.10. The van der Waals surface area contributed by atoms with E-state index >= 15 is 0 Å². The minimum Gasteiger partial charge on any atom is -0.324 e. The molecule has 0 amide bonds. The van der Waals surface area contributed by atoms with Crippen LogP contribution in [0.4, 0.5) is 0 Å². The first kappa shape index (κ1) is 12.3. The van der Waals surface area contributed by atoms with Crippen molar-refractivity contribution in [3.8, 4) is 0 Å². The second-order valence-electron chi connectivity index (χ2n) is 3.52. The molecule has 84 valence electrons. The highest BCUT2D eigenvalue weighted by Gasteiger charge is 2.12. The Hall–Kier alpha value is -0.160. The molecule has 2 N–H and O–H groups in total. The van der Waals surface area contributed by atoms with Gasteiger partial charge in [0, 0.05) is 26.3 Å². The molecule has 0 saturated heterocycles. The molecule has 0 aliphatic rings. The molecular weight excluding hydrogens is 350 g/mol. The van der Waals surface area contributed by atoms with Crippen LogP contribution in [0.25, 0.3) is 0 Å². The summed E-state index contributed by atoms with van der Waals surface area (Å²) in [6.45, 7) is 0. The molecule has 0 saturated carbocycles. The largest absolute Gasteiger partial charge is 0.324 e. The minimum atomic E-state index is 0.0329. The van der Waals surface area contributed by atoms with Gasteiger partial charge in [0.25, 0.3) is 0 Å². The molecule has 16 heavy (non-hydrogen) atoms. The van der Waals surface area contributed by atoms with Crippen molar-refractivity contribution in [3.63, 3.8) is 0 Å². The summed E-state index contributed by atoms with van der Waals surface area (Å²) in [4.78, 5) is 1.29. The van der Waals surface area contributed by atoms with E-state index in [0.29, 0.717) is 0 Å². The van der Waals surface area contributed by atoms with Crippen LogP contribution < -0.4 is 5.73 Å². The molecule has 0 bridgehead atoms. The Morgan fingerprint density at radius 3 is 2.50 bits per heavy atom. The lowest BCUT2D eigenvalue weighted by Gasteiger charge is -2.13. The topological polar surface area (TPSA) is 26.0 Å². The third kappa shape index (κ3) is 2.74. The van der Waals surface area contributed by atoms with Gasteiger partial charge in [0.15, 0.2) is 0 Å². The number of nitrogens with two attached hydrogens (primary N) is 1. The molecule has 1 aromatic heterocycles. The van der Waals surface area contributed by atoms with Crippen molar-refractivity contribution >= 4 is 43.2 Å². The van der Waals surface area contributed by atoms with Gasteiger partial charge in [-0.15, -0.1) is 11.3 Å². The average molecular weight is 361 g/mol. The molecule has 0 aliphatic heterocycles. The van der Waals surface area contributed by atoms with Gasteiger partial charge in [-0.1, -0.05) is 34.1 Å². The van der Waals surface area contributed by atoms with Gasteiger partial charge in [0.05, 0.1) is 0 Å². The van der Waals surface area contributed by atoms with Crippen LogP contribution in [0.1, 0.15) is 16.5 Å². The van der Waals surface area contributed by atoms with Crippen LogP contribution in [-0.4, -0.2) is 0 Å². The standard InChI is InChI=1S/C12H11Br2NS/c13-9-4-2-1-3-8(9)11(15)7-12-10(14)5-6-16-12/h1-6,11H,7,15H2. The second-order valence-corrected chi connectivity index (χ2v) is 6.23. The van der Waals surface area contributed by atoms with Crippen LogP contribution in [0.2, 0.25) is 0 Å². The van der Waals surface area contributed by atoms with Crippen molar-refractivity contribution in [1.29, 1.82) is 0 Å². The second kappa shape index (κ2) is 5.45. The molecule has 1 nitrogen and oxygen atoms in total. The molecule has 0 aliphatic carbocycles. The maximum absolute atomic E-state index is 6.21. The Morgan fingerprint density at radius 2 is 1.88 bits per heavy atom. The fourth-order valence-corrected chi connectivity index (χ4v) is 3.71. The molecule has 0 radical (unpaired) electrons. The molecule has 1 atom stereocenters. The predicted molar refractivity (Wildman–Crippen MR) is 76.8 cm³/mol. The molecule has 1 aromatic carbocycles. The summed E-state index contributed by atoms with van der Waals surface area (Å²) in [5, 5.41) is 2.08. The number of benzene rings is 1. The highest BCUT2D eigenvalue weighted by atomic mass is 79.9. The predicted octanol–water partition coefficient (Wildman–Crippen LogP) is 4.52. The van der Waals surface area contributed by atoms with E-state index in [-0.39, 0.29) is 6.04 Å². The van der Waals surface area contributed by atoms with Gasteiger partial charge < -0.3 is 5.73 Å². The monoisotopic (exact) mass is 359 g/mol. The lowest BCUT2D eigenvalue weighted by molar-refractivity contribution is 0.725. The van der Waals surface area contributed by atoms with Gasteiger partial charge in [-0.05, 0) is 39.0 Å². The molecular formula is C12H11Br2NS. The summed E-state index contributed by atoms with van der Waals surface area (Å²) in [5.41, 5.74) is 7.37. The number of hydrogen-bond donors (Lipinski definition) is 1. The van der Waals surface area contributed by atoms with Crippen LogP contribution in [0, 0.1) is 0 Å². The molecule has 1 heterocycles. The van der Waals surface area contributed by atoms with E-state index in [4.69, 9.17) is 5.73 Å². The molecule has 1 unspecified atom stereocenters. The highest BCUT2D eigenvalue weighted by Crippen LogP contribution is 2.29. The fourth-order valence-electron chi connectivity index (χ4n) is 1.56. The van der Waals surface area contributed by atoms with Gasteiger partial charge in [-0.25, -0.2) is 0 Å². The Kier molecular flexibility index (Phi) is 4.19. The smallest absolute Gasteiger partial charge is 0.0355 e. The van der Waals surface area contributed by atoms with E-state index in [1.54, 1.807) is 11.3 Å². The van der Waals surface area contributed by atoms with E-state index in [9.17, 15) is 0 Å². The lowest BCUT2D eigenvalue weighted by atomic mass is 10.0. The summed E-state index contributed by atoms with van der Waals surface area (Å²) in [7, 11) is 0. The van der Waals surface area contributed by atoms with Gasteiger partial charge in [0.2, 0.25) is 0 Å². The van der Waals surface area contributed by atoms with Crippen molar-refractivity contribution in [3.05, 3.63) is 55.1 Å². The van der Waals surface area contributed by atoms with Crippen molar-refractivity contribution in [2.75, 3.05) is 0 Å². The zero-order chi connectivity index (χ0) is 11.5. The summed E-state index contributed by atoms with van der Waals surface area (Å²) in [6, 6.07) is 10.2. The Bertz CT molecular complexity index is 481. The first-order valence-electron chi connectivity index (χ1n) is 4.90. The van der Waals surface area contributed by atoms with E-state index in [2.05, 4.69) is 49.4 Å². The minimum absolute atomic E-state index is 0.0329. The lowest BCUT2D eigenvalue weighted by Crippen LogP contribution is -2.13. The zero-order valence-corrected chi connectivity index (χ0v) is 12.5. The summed E-state index contributed by atoms with van der Waals surface area (Å²) >= 11 is 8.80. The third-order valence-corrected chi connectivity index (χ3v) is 5.07. The van der Waals surface area contributed by atoms with Gasteiger partial charge in [-0.3, -0.25) is 0 Å². The first-order valence-corrected chi connectivity index (χ1v) is 7.37. The van der Waals surface area contributed by atoms with Crippen molar-refractivity contribution < 1.29 is 0 Å². The molecule has 2 aromatic rings. The van der Waals surface area contributed by atoms with Crippen LogP contribution in [0.3, 0.4) is 0 Å². The maximum Gasteiger partial charge on any atom is 0.0355 e. The van der Waals surface area contributed by atoms with E-state index in [1.165, 1.54) is 4.88 Å². The van der Waals surface area contributed by atoms with Gasteiger partial charge in [0.1, 0.15) is 0 Å². The maximum atomic E-state index is 6.21. The number of halogens is 2. The fraction of sp³-hybridized carbons (Fsp3) is 0.167. The number of rotatable bonds is 3.